The number of H-pyrrole nitrogens is 1. The molecule has 0 bridgehead atoms. The minimum Gasteiger partial charge on any atom is -0.352 e. The van der Waals surface area contributed by atoms with Gasteiger partial charge >= 0.3 is 0 Å². The summed E-state index contributed by atoms with van der Waals surface area (Å²) < 4.78 is 0. The van der Waals surface area contributed by atoms with Gasteiger partial charge in [-0.05, 0) is 56.8 Å². The lowest BCUT2D eigenvalue weighted by Crippen LogP contribution is -2.37. The second-order valence-electron chi connectivity index (χ2n) is 8.84. The van der Waals surface area contributed by atoms with E-state index in [0.717, 1.165) is 33.9 Å². The molecule has 170 valence electrons. The summed E-state index contributed by atoms with van der Waals surface area (Å²) >= 11 is 1.53. The Balaban J connectivity index is 1.35. The lowest BCUT2D eigenvalue weighted by molar-refractivity contribution is -0.121. The van der Waals surface area contributed by atoms with Gasteiger partial charge in [-0.15, -0.1) is 11.3 Å². The Labute approximate surface area is 193 Å². The maximum absolute atomic E-state index is 12.5. The van der Waals surface area contributed by atoms with E-state index in [2.05, 4.69) is 45.3 Å². The van der Waals surface area contributed by atoms with Crippen molar-refractivity contribution >= 4 is 27.5 Å². The third-order valence-corrected chi connectivity index (χ3v) is 7.69. The summed E-state index contributed by atoms with van der Waals surface area (Å²) in [5, 5.41) is 3.72. The van der Waals surface area contributed by atoms with Gasteiger partial charge in [0.15, 0.2) is 0 Å². The molecule has 0 radical (unpaired) electrons. The summed E-state index contributed by atoms with van der Waals surface area (Å²) in [5.74, 6) is 0.533. The first-order chi connectivity index (χ1) is 15.4. The van der Waals surface area contributed by atoms with Gasteiger partial charge in [-0.1, -0.05) is 30.7 Å². The van der Waals surface area contributed by atoms with E-state index in [-0.39, 0.29) is 11.5 Å². The van der Waals surface area contributed by atoms with Gasteiger partial charge < -0.3 is 10.3 Å². The molecule has 0 saturated carbocycles. The highest BCUT2D eigenvalue weighted by atomic mass is 32.1. The molecule has 1 fully saturated rings. The van der Waals surface area contributed by atoms with Gasteiger partial charge in [-0.2, -0.15) is 0 Å². The van der Waals surface area contributed by atoms with Crippen molar-refractivity contribution in [1.29, 1.82) is 0 Å². The number of likely N-dealkylation sites (tertiary alicyclic amines) is 1. The van der Waals surface area contributed by atoms with Gasteiger partial charge in [0.25, 0.3) is 5.56 Å². The first-order valence-corrected chi connectivity index (χ1v) is 12.3. The molecule has 2 N–H and O–H groups in total. The normalized spacial score (nSPS) is 17.0. The van der Waals surface area contributed by atoms with Crippen LogP contribution in [-0.4, -0.2) is 33.4 Å². The summed E-state index contributed by atoms with van der Waals surface area (Å²) in [4.78, 5) is 36.7. The number of amides is 1. The summed E-state index contributed by atoms with van der Waals surface area (Å²) in [6.45, 7) is 8.83. The molecule has 0 aliphatic carbocycles. The maximum Gasteiger partial charge on any atom is 0.259 e. The molecule has 3 aromatic rings. The fourth-order valence-electron chi connectivity index (χ4n) is 4.43. The number of nitrogens with zero attached hydrogens (tertiary/aromatic N) is 2. The van der Waals surface area contributed by atoms with Crippen LogP contribution in [0.2, 0.25) is 0 Å². The Morgan fingerprint density at radius 1 is 1.25 bits per heavy atom. The molecule has 3 heterocycles. The van der Waals surface area contributed by atoms with Gasteiger partial charge in [-0.3, -0.25) is 14.5 Å². The van der Waals surface area contributed by atoms with Crippen LogP contribution < -0.4 is 10.9 Å². The van der Waals surface area contributed by atoms with Crippen molar-refractivity contribution in [1.82, 2.24) is 20.2 Å². The molecule has 1 unspecified atom stereocenters. The Bertz CT molecular complexity index is 1170. The molecule has 1 aliphatic heterocycles. The second kappa shape index (κ2) is 9.96. The largest absolute Gasteiger partial charge is 0.352 e. The monoisotopic (exact) mass is 452 g/mol. The zero-order valence-corrected chi connectivity index (χ0v) is 20.0. The Hall–Kier alpha value is -2.51. The number of carbonyl (C=O) groups is 1. The number of rotatable bonds is 7. The number of hydrogen-bond acceptors (Lipinski definition) is 5. The lowest BCUT2D eigenvalue weighted by Gasteiger charge is -2.33. The van der Waals surface area contributed by atoms with Crippen LogP contribution in [0.3, 0.4) is 0 Å². The maximum atomic E-state index is 12.5. The van der Waals surface area contributed by atoms with Gasteiger partial charge in [0, 0.05) is 36.9 Å². The third kappa shape index (κ3) is 5.10. The fourth-order valence-corrected chi connectivity index (χ4v) is 5.48. The average Bonchev–Trinajstić information content (AvgIpc) is 3.07. The summed E-state index contributed by atoms with van der Waals surface area (Å²) in [6.07, 6.45) is 4.54. The van der Waals surface area contributed by atoms with E-state index in [4.69, 9.17) is 0 Å². The van der Waals surface area contributed by atoms with E-state index < -0.39 is 0 Å². The molecule has 1 aromatic carbocycles. The topological polar surface area (TPSA) is 78.1 Å². The molecule has 1 amide bonds. The minimum absolute atomic E-state index is 0.0348. The smallest absolute Gasteiger partial charge is 0.259 e. The zero-order valence-electron chi connectivity index (χ0n) is 19.2. The molecule has 1 saturated heterocycles. The Kier molecular flexibility index (Phi) is 7.06. The van der Waals surface area contributed by atoms with Gasteiger partial charge in [0.05, 0.1) is 5.39 Å². The van der Waals surface area contributed by atoms with Crippen molar-refractivity contribution in [3.05, 3.63) is 62.0 Å². The first kappa shape index (κ1) is 22.7. The van der Waals surface area contributed by atoms with Crippen LogP contribution in [0.15, 0.2) is 29.1 Å². The molecular formula is C25H32N4O2S. The molecule has 1 atom stereocenters. The molecule has 32 heavy (non-hydrogen) atoms. The molecule has 6 nitrogen and oxygen atoms in total. The Morgan fingerprint density at radius 3 is 2.81 bits per heavy atom. The summed E-state index contributed by atoms with van der Waals surface area (Å²) in [7, 11) is 0. The van der Waals surface area contributed by atoms with Crippen LogP contribution >= 0.6 is 11.3 Å². The van der Waals surface area contributed by atoms with Crippen molar-refractivity contribution in [2.75, 3.05) is 6.54 Å². The van der Waals surface area contributed by atoms with E-state index in [1.165, 1.54) is 36.2 Å². The van der Waals surface area contributed by atoms with Crippen molar-refractivity contribution in [3.8, 4) is 0 Å². The van der Waals surface area contributed by atoms with E-state index in [0.29, 0.717) is 36.6 Å². The highest BCUT2D eigenvalue weighted by Gasteiger charge is 2.19. The van der Waals surface area contributed by atoms with E-state index >= 15 is 0 Å². The lowest BCUT2D eigenvalue weighted by atomic mass is 10.0. The minimum atomic E-state index is -0.117. The fraction of sp³-hybridized carbons (Fsp3) is 0.480. The van der Waals surface area contributed by atoms with Crippen molar-refractivity contribution in [2.24, 2.45) is 0 Å². The highest BCUT2D eigenvalue weighted by Crippen LogP contribution is 2.26. The second-order valence-corrected chi connectivity index (χ2v) is 10.0. The number of carbonyl (C=O) groups excluding carboxylic acids is 1. The predicted octanol–water partition coefficient (Wildman–Crippen LogP) is 4.22. The van der Waals surface area contributed by atoms with E-state index in [1.807, 2.05) is 19.9 Å². The van der Waals surface area contributed by atoms with Crippen molar-refractivity contribution in [3.63, 3.8) is 0 Å². The van der Waals surface area contributed by atoms with Crippen molar-refractivity contribution in [2.45, 2.75) is 72.0 Å². The molecule has 0 spiro atoms. The molecular weight excluding hydrogens is 420 g/mol. The molecule has 7 heteroatoms. The number of aryl methyl sites for hydroxylation is 3. The number of nitrogens with one attached hydrogen (secondary N) is 2. The van der Waals surface area contributed by atoms with Crippen LogP contribution in [0, 0.1) is 13.8 Å². The van der Waals surface area contributed by atoms with Crippen LogP contribution in [-0.2, 0) is 24.3 Å². The van der Waals surface area contributed by atoms with E-state index in [9.17, 15) is 9.59 Å². The number of thiophene rings is 1. The molecule has 4 rings (SSSR count). The van der Waals surface area contributed by atoms with Crippen LogP contribution in [0.4, 0.5) is 0 Å². The van der Waals surface area contributed by atoms with E-state index in [1.54, 1.807) is 0 Å². The number of piperidine rings is 1. The van der Waals surface area contributed by atoms with Crippen LogP contribution in [0.1, 0.15) is 60.0 Å². The number of fused-ring (bicyclic) bond motifs is 1. The average molecular weight is 453 g/mol. The SMILES string of the molecule is Cc1sc2nc(CCC(=O)NCc3ccccc3CN3CCCCC3C)[nH]c(=O)c2c1C. The summed E-state index contributed by atoms with van der Waals surface area (Å²) in [5.41, 5.74) is 3.31. The third-order valence-electron chi connectivity index (χ3n) is 6.59. The van der Waals surface area contributed by atoms with Crippen LogP contribution in [0.5, 0.6) is 0 Å². The quantitative estimate of drug-likeness (QED) is 0.562. The van der Waals surface area contributed by atoms with Gasteiger partial charge in [0.1, 0.15) is 10.7 Å². The number of aromatic amines is 1. The molecule has 1 aliphatic rings. The van der Waals surface area contributed by atoms with Crippen molar-refractivity contribution < 1.29 is 4.79 Å². The zero-order chi connectivity index (χ0) is 22.7. The number of aromatic nitrogens is 2. The van der Waals surface area contributed by atoms with Gasteiger partial charge in [0.2, 0.25) is 5.91 Å². The molecule has 2 aromatic heterocycles. The standard InChI is InChI=1S/C25H32N4O2S/c1-16-8-6-7-13-29(16)15-20-10-5-4-9-19(20)14-26-22(30)12-11-21-27-24(31)23-17(2)18(3)32-25(23)28-21/h4-5,9-10,16H,6-8,11-15H2,1-3H3,(H,26,30)(H,27,28,31). The number of hydrogen-bond donors (Lipinski definition) is 2. The number of benzene rings is 1. The van der Waals surface area contributed by atoms with Gasteiger partial charge in [-0.25, -0.2) is 4.98 Å². The summed E-state index contributed by atoms with van der Waals surface area (Å²) in [6, 6.07) is 8.96. The highest BCUT2D eigenvalue weighted by molar-refractivity contribution is 7.18. The van der Waals surface area contributed by atoms with Crippen LogP contribution in [0.25, 0.3) is 10.2 Å². The first-order valence-electron chi connectivity index (χ1n) is 11.5. The Morgan fingerprint density at radius 2 is 2.03 bits per heavy atom. The predicted molar refractivity (Wildman–Crippen MR) is 130 cm³/mol.